The summed E-state index contributed by atoms with van der Waals surface area (Å²) in [5, 5.41) is 12.6. The van der Waals surface area contributed by atoms with Gasteiger partial charge in [-0.3, -0.25) is 0 Å². The summed E-state index contributed by atoms with van der Waals surface area (Å²) in [5.74, 6) is -0.261. The first-order valence-corrected chi connectivity index (χ1v) is 6.30. The van der Waals surface area contributed by atoms with Crippen LogP contribution in [0.15, 0.2) is 16.7 Å². The number of nitrogens with one attached hydrogen (secondary N) is 1. The van der Waals surface area contributed by atoms with Gasteiger partial charge < -0.3 is 10.4 Å². The van der Waals surface area contributed by atoms with Gasteiger partial charge in [0.05, 0.1) is 6.10 Å². The van der Waals surface area contributed by atoms with E-state index in [0.717, 1.165) is 0 Å². The van der Waals surface area contributed by atoms with E-state index in [4.69, 9.17) is 0 Å². The molecule has 0 aliphatic heterocycles. The minimum atomic E-state index is -0.514. The van der Waals surface area contributed by atoms with Crippen LogP contribution in [0.25, 0.3) is 0 Å². The van der Waals surface area contributed by atoms with Crippen LogP contribution in [0.1, 0.15) is 27.2 Å². The summed E-state index contributed by atoms with van der Waals surface area (Å²) in [5.41, 5.74) is 0.0484. The van der Waals surface area contributed by atoms with Gasteiger partial charge >= 0.3 is 0 Å². The van der Waals surface area contributed by atoms with Crippen molar-refractivity contribution in [3.63, 3.8) is 0 Å². The molecule has 1 atom stereocenters. The molecule has 5 heteroatoms. The number of hydrogen-bond donors (Lipinski definition) is 2. The van der Waals surface area contributed by atoms with Crippen LogP contribution in [0.3, 0.4) is 0 Å². The molecular weight excluding hydrogens is 287 g/mol. The van der Waals surface area contributed by atoms with Crippen LogP contribution in [0, 0.1) is 11.2 Å². The number of halogens is 2. The van der Waals surface area contributed by atoms with Gasteiger partial charge in [0.25, 0.3) is 0 Å². The zero-order valence-corrected chi connectivity index (χ0v) is 11.9. The Morgan fingerprint density at radius 1 is 1.53 bits per heavy atom. The molecule has 0 bridgehead atoms. The fraction of sp³-hybridized carbons (Fsp3) is 0.583. The van der Waals surface area contributed by atoms with Crippen LogP contribution >= 0.6 is 15.9 Å². The molecule has 0 saturated carbocycles. The van der Waals surface area contributed by atoms with Gasteiger partial charge in [-0.1, -0.05) is 20.8 Å². The summed E-state index contributed by atoms with van der Waals surface area (Å²) in [7, 11) is 0. The standard InChI is InChI=1S/C12H18BrFN2O/c1-12(2,3)5-9(17)7-16-11-10(14)4-8(13)6-15-11/h4,6,9,17H,5,7H2,1-3H3,(H,15,16). The van der Waals surface area contributed by atoms with E-state index in [1.165, 1.54) is 12.3 Å². The molecule has 1 aromatic heterocycles. The lowest BCUT2D eigenvalue weighted by Gasteiger charge is -2.22. The van der Waals surface area contributed by atoms with Gasteiger partial charge in [0.15, 0.2) is 11.6 Å². The van der Waals surface area contributed by atoms with Crippen molar-refractivity contribution >= 4 is 21.7 Å². The van der Waals surface area contributed by atoms with Gasteiger partial charge in [0.1, 0.15) is 0 Å². The lowest BCUT2D eigenvalue weighted by atomic mass is 9.89. The van der Waals surface area contributed by atoms with Crippen molar-refractivity contribution < 1.29 is 9.50 Å². The molecule has 3 nitrogen and oxygen atoms in total. The number of hydrogen-bond acceptors (Lipinski definition) is 3. The fourth-order valence-corrected chi connectivity index (χ4v) is 1.84. The van der Waals surface area contributed by atoms with Gasteiger partial charge in [-0.2, -0.15) is 0 Å². The fourth-order valence-electron chi connectivity index (χ4n) is 1.54. The molecule has 0 spiro atoms. The normalized spacial score (nSPS) is 13.5. The highest BCUT2D eigenvalue weighted by atomic mass is 79.9. The average molecular weight is 305 g/mol. The highest BCUT2D eigenvalue weighted by molar-refractivity contribution is 9.10. The Balaban J connectivity index is 2.50. The van der Waals surface area contributed by atoms with E-state index in [9.17, 15) is 9.50 Å². The van der Waals surface area contributed by atoms with Gasteiger partial charge in [-0.25, -0.2) is 9.37 Å². The van der Waals surface area contributed by atoms with Crippen molar-refractivity contribution in [1.29, 1.82) is 0 Å². The van der Waals surface area contributed by atoms with Crippen molar-refractivity contribution in [3.05, 3.63) is 22.6 Å². The molecule has 0 radical (unpaired) electrons. The summed E-state index contributed by atoms with van der Waals surface area (Å²) >= 11 is 3.14. The molecule has 0 fully saturated rings. The van der Waals surface area contributed by atoms with E-state index < -0.39 is 11.9 Å². The first-order valence-electron chi connectivity index (χ1n) is 5.51. The van der Waals surface area contributed by atoms with Crippen LogP contribution in [0.5, 0.6) is 0 Å². The number of rotatable bonds is 4. The number of anilines is 1. The van der Waals surface area contributed by atoms with E-state index >= 15 is 0 Å². The molecule has 2 N–H and O–H groups in total. The number of aromatic nitrogens is 1. The second-order valence-corrected chi connectivity index (χ2v) is 6.20. The largest absolute Gasteiger partial charge is 0.391 e. The number of nitrogens with zero attached hydrogens (tertiary/aromatic N) is 1. The van der Waals surface area contributed by atoms with Crippen LogP contribution in [0.2, 0.25) is 0 Å². The Labute approximate surface area is 110 Å². The van der Waals surface area contributed by atoms with Crippen LogP contribution in [0.4, 0.5) is 10.2 Å². The zero-order valence-electron chi connectivity index (χ0n) is 10.3. The molecule has 0 amide bonds. The van der Waals surface area contributed by atoms with Gasteiger partial charge in [-0.05, 0) is 33.8 Å². The Morgan fingerprint density at radius 3 is 2.71 bits per heavy atom. The molecule has 1 aromatic rings. The predicted molar refractivity (Wildman–Crippen MR) is 70.5 cm³/mol. The van der Waals surface area contributed by atoms with Gasteiger partial charge in [0, 0.05) is 17.2 Å². The Hall–Kier alpha value is -0.680. The molecule has 1 heterocycles. The Morgan fingerprint density at radius 2 is 2.18 bits per heavy atom. The smallest absolute Gasteiger partial charge is 0.166 e. The maximum Gasteiger partial charge on any atom is 0.166 e. The maximum absolute atomic E-state index is 13.4. The molecule has 0 aliphatic carbocycles. The van der Waals surface area contributed by atoms with Crippen LogP contribution < -0.4 is 5.32 Å². The summed E-state index contributed by atoms with van der Waals surface area (Å²) < 4.78 is 14.0. The second-order valence-electron chi connectivity index (χ2n) is 5.28. The average Bonchev–Trinajstić information content (AvgIpc) is 2.13. The third kappa shape index (κ3) is 5.46. The maximum atomic E-state index is 13.4. The predicted octanol–water partition coefficient (Wildman–Crippen LogP) is 3.19. The molecule has 17 heavy (non-hydrogen) atoms. The minimum Gasteiger partial charge on any atom is -0.391 e. The van der Waals surface area contributed by atoms with Crippen molar-refractivity contribution in [2.24, 2.45) is 5.41 Å². The first kappa shape index (κ1) is 14.4. The SMILES string of the molecule is CC(C)(C)CC(O)CNc1ncc(Br)cc1F. The first-order chi connectivity index (χ1) is 7.78. The summed E-state index contributed by atoms with van der Waals surface area (Å²) in [4.78, 5) is 3.90. The van der Waals surface area contributed by atoms with Crippen molar-refractivity contribution in [3.8, 4) is 0 Å². The van der Waals surface area contributed by atoms with E-state index in [1.807, 2.05) is 0 Å². The van der Waals surface area contributed by atoms with Crippen molar-refractivity contribution in [2.45, 2.75) is 33.3 Å². The van der Waals surface area contributed by atoms with Crippen LogP contribution in [-0.2, 0) is 0 Å². The molecule has 96 valence electrons. The topological polar surface area (TPSA) is 45.1 Å². The Kier molecular flexibility index (Phi) is 4.89. The summed E-state index contributed by atoms with van der Waals surface area (Å²) in [6.45, 7) is 6.45. The molecule has 0 saturated heterocycles. The molecular formula is C12H18BrFN2O. The summed E-state index contributed by atoms with van der Waals surface area (Å²) in [6, 6.07) is 1.34. The number of aliphatic hydroxyl groups is 1. The summed E-state index contributed by atoms with van der Waals surface area (Å²) in [6.07, 6.45) is 1.65. The van der Waals surface area contributed by atoms with E-state index in [0.29, 0.717) is 17.4 Å². The third-order valence-electron chi connectivity index (χ3n) is 2.16. The number of pyridine rings is 1. The van der Waals surface area contributed by atoms with E-state index in [-0.39, 0.29) is 11.2 Å². The van der Waals surface area contributed by atoms with E-state index in [1.54, 1.807) is 0 Å². The van der Waals surface area contributed by atoms with Gasteiger partial charge in [-0.15, -0.1) is 0 Å². The van der Waals surface area contributed by atoms with Crippen molar-refractivity contribution in [1.82, 2.24) is 4.98 Å². The van der Waals surface area contributed by atoms with Gasteiger partial charge in [0.2, 0.25) is 0 Å². The highest BCUT2D eigenvalue weighted by Gasteiger charge is 2.17. The molecule has 0 aromatic carbocycles. The zero-order chi connectivity index (χ0) is 13.1. The highest BCUT2D eigenvalue weighted by Crippen LogP contribution is 2.21. The lowest BCUT2D eigenvalue weighted by Crippen LogP contribution is -2.25. The van der Waals surface area contributed by atoms with E-state index in [2.05, 4.69) is 47.0 Å². The molecule has 1 rings (SSSR count). The quantitative estimate of drug-likeness (QED) is 0.898. The molecule has 1 unspecified atom stereocenters. The molecule has 0 aliphatic rings. The lowest BCUT2D eigenvalue weighted by molar-refractivity contribution is 0.132. The second kappa shape index (κ2) is 5.78. The van der Waals surface area contributed by atoms with Crippen molar-refractivity contribution in [2.75, 3.05) is 11.9 Å². The number of aliphatic hydroxyl groups excluding tert-OH is 1. The monoisotopic (exact) mass is 304 g/mol. The van der Waals surface area contributed by atoms with Crippen LogP contribution in [-0.4, -0.2) is 22.7 Å². The third-order valence-corrected chi connectivity index (χ3v) is 2.59. The minimum absolute atomic E-state index is 0.0484. The Bertz CT molecular complexity index is 379.